The second-order valence-electron chi connectivity index (χ2n) is 7.24. The zero-order valence-corrected chi connectivity index (χ0v) is 17.0. The first-order valence-corrected chi connectivity index (χ1v) is 11.1. The van der Waals surface area contributed by atoms with E-state index in [4.69, 9.17) is 9.47 Å². The van der Waals surface area contributed by atoms with Crippen molar-refractivity contribution in [2.24, 2.45) is 0 Å². The van der Waals surface area contributed by atoms with Gasteiger partial charge in [-0.05, 0) is 35.0 Å². The number of rotatable bonds is 3. The highest BCUT2D eigenvalue weighted by molar-refractivity contribution is 7.89. The molecule has 1 amide bonds. The summed E-state index contributed by atoms with van der Waals surface area (Å²) in [6.45, 7) is 1.21. The largest absolute Gasteiger partial charge is 0.454 e. The molecular weight excluding hydrogens is 404 g/mol. The normalized spacial score (nSPS) is 16.7. The number of ether oxygens (including phenoxy) is 2. The topological polar surface area (TPSA) is 76.2 Å². The highest BCUT2D eigenvalue weighted by Gasteiger charge is 2.32. The third kappa shape index (κ3) is 3.18. The van der Waals surface area contributed by atoms with Crippen molar-refractivity contribution < 1.29 is 22.7 Å². The predicted molar refractivity (Wildman–Crippen MR) is 111 cm³/mol. The molecule has 5 rings (SSSR count). The van der Waals surface area contributed by atoms with Crippen LogP contribution in [0.2, 0.25) is 0 Å². The quantitative estimate of drug-likeness (QED) is 0.646. The molecule has 0 aliphatic carbocycles. The molecule has 0 N–H and O–H groups in total. The maximum Gasteiger partial charge on any atom is 0.257 e. The minimum atomic E-state index is -3.63. The highest BCUT2D eigenvalue weighted by Crippen LogP contribution is 2.36. The maximum atomic E-state index is 13.1. The van der Waals surface area contributed by atoms with Crippen molar-refractivity contribution in [3.63, 3.8) is 0 Å². The van der Waals surface area contributed by atoms with E-state index in [0.29, 0.717) is 30.2 Å². The second-order valence-corrected chi connectivity index (χ2v) is 9.18. The molecule has 3 aromatic carbocycles. The van der Waals surface area contributed by atoms with Crippen LogP contribution in [0.5, 0.6) is 11.5 Å². The van der Waals surface area contributed by atoms with Crippen molar-refractivity contribution in [1.82, 2.24) is 9.21 Å². The minimum absolute atomic E-state index is 0.0946. The molecule has 7 nitrogen and oxygen atoms in total. The van der Waals surface area contributed by atoms with Crippen molar-refractivity contribution in [1.29, 1.82) is 0 Å². The molecule has 0 saturated carbocycles. The van der Waals surface area contributed by atoms with Crippen LogP contribution in [0.4, 0.5) is 0 Å². The Hall–Kier alpha value is -3.10. The van der Waals surface area contributed by atoms with E-state index in [-0.39, 0.29) is 30.7 Å². The molecule has 2 heterocycles. The number of amides is 1. The van der Waals surface area contributed by atoms with Crippen LogP contribution in [-0.2, 0) is 10.0 Å². The summed E-state index contributed by atoms with van der Waals surface area (Å²) in [5.41, 5.74) is 0.441. The van der Waals surface area contributed by atoms with Crippen molar-refractivity contribution in [2.45, 2.75) is 4.90 Å². The van der Waals surface area contributed by atoms with Gasteiger partial charge in [0, 0.05) is 26.2 Å². The molecule has 0 unspecified atom stereocenters. The molecule has 1 fully saturated rings. The molecule has 0 atom stereocenters. The summed E-state index contributed by atoms with van der Waals surface area (Å²) >= 11 is 0. The standard InChI is InChI=1S/C22H20N2O5S/c25-22(19-6-3-7-20-21(19)29-15-28-20)23-10-12-24(13-11-23)30(26,27)18-9-8-16-4-1-2-5-17(16)14-18/h1-9,14H,10-13,15H2. The fourth-order valence-corrected chi connectivity index (χ4v) is 5.34. The third-order valence-corrected chi connectivity index (χ3v) is 7.41. The van der Waals surface area contributed by atoms with Crippen LogP contribution in [0.3, 0.4) is 0 Å². The first-order chi connectivity index (χ1) is 14.5. The molecule has 0 aromatic heterocycles. The van der Waals surface area contributed by atoms with Crippen LogP contribution in [0.25, 0.3) is 10.8 Å². The van der Waals surface area contributed by atoms with Crippen molar-refractivity contribution >= 4 is 26.7 Å². The van der Waals surface area contributed by atoms with Crippen LogP contribution in [-0.4, -0.2) is 56.5 Å². The Kier molecular flexibility index (Phi) is 4.60. The maximum absolute atomic E-state index is 13.1. The van der Waals surface area contributed by atoms with E-state index in [1.165, 1.54) is 4.31 Å². The summed E-state index contributed by atoms with van der Waals surface area (Å²) < 4.78 is 38.4. The number of hydrogen-bond donors (Lipinski definition) is 0. The summed E-state index contributed by atoms with van der Waals surface area (Å²) in [6.07, 6.45) is 0. The van der Waals surface area contributed by atoms with E-state index >= 15 is 0 Å². The number of benzene rings is 3. The van der Waals surface area contributed by atoms with E-state index < -0.39 is 10.0 Å². The van der Waals surface area contributed by atoms with Crippen molar-refractivity contribution in [3.8, 4) is 11.5 Å². The summed E-state index contributed by atoms with van der Waals surface area (Å²) in [4.78, 5) is 14.9. The van der Waals surface area contributed by atoms with Crippen molar-refractivity contribution in [2.75, 3.05) is 33.0 Å². The van der Waals surface area contributed by atoms with Gasteiger partial charge < -0.3 is 14.4 Å². The summed E-state index contributed by atoms with van der Waals surface area (Å²) in [5.74, 6) is 0.826. The molecule has 8 heteroatoms. The van der Waals surface area contributed by atoms with Gasteiger partial charge in [0.15, 0.2) is 11.5 Å². The lowest BCUT2D eigenvalue weighted by atomic mass is 10.1. The van der Waals surface area contributed by atoms with E-state index in [9.17, 15) is 13.2 Å². The number of para-hydroxylation sites is 1. The monoisotopic (exact) mass is 424 g/mol. The first kappa shape index (κ1) is 18.9. The van der Waals surface area contributed by atoms with Crippen LogP contribution >= 0.6 is 0 Å². The van der Waals surface area contributed by atoms with E-state index in [1.807, 2.05) is 30.3 Å². The Bertz CT molecular complexity index is 1230. The van der Waals surface area contributed by atoms with Gasteiger partial charge in [-0.25, -0.2) is 8.42 Å². The Morgan fingerprint density at radius 1 is 0.833 bits per heavy atom. The SMILES string of the molecule is O=C(c1cccc2c1OCO2)N1CCN(S(=O)(=O)c2ccc3ccccc3c2)CC1. The van der Waals surface area contributed by atoms with Gasteiger partial charge in [-0.15, -0.1) is 0 Å². The highest BCUT2D eigenvalue weighted by atomic mass is 32.2. The zero-order chi connectivity index (χ0) is 20.7. The third-order valence-electron chi connectivity index (χ3n) is 5.51. The molecular formula is C22H20N2O5S. The number of fused-ring (bicyclic) bond motifs is 2. The molecule has 0 bridgehead atoms. The molecule has 30 heavy (non-hydrogen) atoms. The number of hydrogen-bond acceptors (Lipinski definition) is 5. The van der Waals surface area contributed by atoms with Gasteiger partial charge in [-0.3, -0.25) is 4.79 Å². The fraction of sp³-hybridized carbons (Fsp3) is 0.227. The zero-order valence-electron chi connectivity index (χ0n) is 16.2. The molecule has 3 aromatic rings. The Morgan fingerprint density at radius 3 is 2.40 bits per heavy atom. The van der Waals surface area contributed by atoms with E-state index in [0.717, 1.165) is 10.8 Å². The molecule has 2 aliphatic rings. The van der Waals surface area contributed by atoms with E-state index in [2.05, 4.69) is 0 Å². The molecule has 0 radical (unpaired) electrons. The number of carbonyl (C=O) groups excluding carboxylic acids is 1. The van der Waals surface area contributed by atoms with Crippen LogP contribution in [0.15, 0.2) is 65.6 Å². The summed E-state index contributed by atoms with van der Waals surface area (Å²) in [5, 5.41) is 1.88. The van der Waals surface area contributed by atoms with Gasteiger partial charge in [-0.1, -0.05) is 36.4 Å². The Labute approximate surface area is 174 Å². The smallest absolute Gasteiger partial charge is 0.257 e. The summed E-state index contributed by atoms with van der Waals surface area (Å²) in [6, 6.07) is 18.0. The number of piperazine rings is 1. The lowest BCUT2D eigenvalue weighted by Gasteiger charge is -2.34. The molecule has 154 valence electrons. The van der Waals surface area contributed by atoms with Crippen molar-refractivity contribution in [3.05, 3.63) is 66.2 Å². The van der Waals surface area contributed by atoms with Gasteiger partial charge in [0.25, 0.3) is 5.91 Å². The second kappa shape index (κ2) is 7.30. The molecule has 1 saturated heterocycles. The fourth-order valence-electron chi connectivity index (χ4n) is 3.88. The van der Waals surface area contributed by atoms with Gasteiger partial charge in [0.05, 0.1) is 10.5 Å². The molecule has 2 aliphatic heterocycles. The van der Waals surface area contributed by atoms with Crippen LogP contribution in [0, 0.1) is 0 Å². The van der Waals surface area contributed by atoms with Gasteiger partial charge in [-0.2, -0.15) is 4.31 Å². The van der Waals surface area contributed by atoms with Gasteiger partial charge in [0.1, 0.15) is 0 Å². The Balaban J connectivity index is 1.32. The average Bonchev–Trinajstić information content (AvgIpc) is 3.27. The minimum Gasteiger partial charge on any atom is -0.454 e. The van der Waals surface area contributed by atoms with Crippen LogP contribution in [0.1, 0.15) is 10.4 Å². The lowest BCUT2D eigenvalue weighted by Crippen LogP contribution is -2.50. The first-order valence-electron chi connectivity index (χ1n) is 9.71. The number of nitrogens with zero attached hydrogens (tertiary/aromatic N) is 2. The Morgan fingerprint density at radius 2 is 1.60 bits per heavy atom. The predicted octanol–water partition coefficient (Wildman–Crippen LogP) is 2.72. The lowest BCUT2D eigenvalue weighted by molar-refractivity contribution is 0.0693. The van der Waals surface area contributed by atoms with Gasteiger partial charge >= 0.3 is 0 Å². The number of sulfonamides is 1. The number of carbonyl (C=O) groups is 1. The average molecular weight is 424 g/mol. The van der Waals surface area contributed by atoms with Crippen LogP contribution < -0.4 is 9.47 Å². The van der Waals surface area contributed by atoms with E-state index in [1.54, 1.807) is 35.2 Å². The molecule has 0 spiro atoms. The van der Waals surface area contributed by atoms with Gasteiger partial charge in [0.2, 0.25) is 16.8 Å². The summed E-state index contributed by atoms with van der Waals surface area (Å²) in [7, 11) is -3.63.